The predicted octanol–water partition coefficient (Wildman–Crippen LogP) is 1.96. The number of hydrogen-bond donors (Lipinski definition) is 2. The molecule has 5 rings (SSSR count). The minimum atomic E-state index is -1.28. The number of carboxylic acid groups (broad SMARTS) is 1. The normalized spacial score (nSPS) is 27.5. The summed E-state index contributed by atoms with van der Waals surface area (Å²) in [7, 11) is 0. The van der Waals surface area contributed by atoms with Crippen molar-refractivity contribution >= 4 is 22.6 Å². The first-order valence-corrected chi connectivity index (χ1v) is 9.06. The van der Waals surface area contributed by atoms with Crippen molar-refractivity contribution in [1.29, 1.82) is 0 Å². The van der Waals surface area contributed by atoms with Gasteiger partial charge in [0.25, 0.3) is 0 Å². The number of aromatic carboxylic acids is 1. The highest BCUT2D eigenvalue weighted by Gasteiger charge is 2.46. The highest BCUT2D eigenvalue weighted by atomic mass is 19.1. The summed E-state index contributed by atoms with van der Waals surface area (Å²) in [5.41, 5.74) is 6.31. The number of anilines is 1. The fourth-order valence-corrected chi connectivity index (χ4v) is 4.36. The van der Waals surface area contributed by atoms with Gasteiger partial charge in [-0.15, -0.1) is 0 Å². The molecule has 3 N–H and O–H groups in total. The van der Waals surface area contributed by atoms with Gasteiger partial charge in [0.2, 0.25) is 5.43 Å². The van der Waals surface area contributed by atoms with Crippen molar-refractivity contribution in [3.63, 3.8) is 0 Å². The lowest BCUT2D eigenvalue weighted by Crippen LogP contribution is -2.45. The molecule has 7 heteroatoms. The van der Waals surface area contributed by atoms with E-state index in [1.54, 1.807) is 6.07 Å². The lowest BCUT2D eigenvalue weighted by Gasteiger charge is -2.32. The number of nitrogens with two attached hydrogens (primary N) is 1. The Morgan fingerprint density at radius 1 is 1.27 bits per heavy atom. The van der Waals surface area contributed by atoms with Crippen LogP contribution >= 0.6 is 0 Å². The number of carboxylic acids is 1. The van der Waals surface area contributed by atoms with Gasteiger partial charge in [0.15, 0.2) is 0 Å². The Balaban J connectivity index is 1.68. The third-order valence-corrected chi connectivity index (χ3v) is 6.03. The van der Waals surface area contributed by atoms with Crippen LogP contribution in [0.4, 0.5) is 10.1 Å². The molecule has 6 nitrogen and oxygen atoms in total. The first-order chi connectivity index (χ1) is 12.4. The first-order valence-electron chi connectivity index (χ1n) is 9.06. The van der Waals surface area contributed by atoms with Crippen molar-refractivity contribution in [1.82, 2.24) is 4.57 Å². The van der Waals surface area contributed by atoms with Crippen molar-refractivity contribution in [3.05, 3.63) is 39.9 Å². The van der Waals surface area contributed by atoms with Crippen LogP contribution in [-0.4, -0.2) is 34.8 Å². The van der Waals surface area contributed by atoms with Gasteiger partial charge < -0.3 is 20.3 Å². The molecule has 26 heavy (non-hydrogen) atoms. The van der Waals surface area contributed by atoms with Crippen molar-refractivity contribution in [2.24, 2.45) is 17.6 Å². The molecule has 2 saturated carbocycles. The standard InChI is InChI=1S/C19H20FN3O3/c20-14-4-12-16(5-17(14)22-6-9-3-11(9)15(21)8-22)23(10-1-2-10)7-13(18(12)24)19(25)26/h4-5,7,9-11,15H,1-3,6,8,21H2,(H,25,26)/t9?,11-,15?/m1/s1. The van der Waals surface area contributed by atoms with E-state index in [-0.39, 0.29) is 23.0 Å². The minimum absolute atomic E-state index is 0.0452. The Morgan fingerprint density at radius 3 is 2.69 bits per heavy atom. The second-order valence-corrected chi connectivity index (χ2v) is 7.86. The van der Waals surface area contributed by atoms with Crippen LogP contribution < -0.4 is 16.1 Å². The van der Waals surface area contributed by atoms with Gasteiger partial charge in [0.1, 0.15) is 11.4 Å². The molecule has 2 heterocycles. The molecule has 0 spiro atoms. The molecule has 3 fully saturated rings. The summed E-state index contributed by atoms with van der Waals surface area (Å²) in [6.07, 6.45) is 4.37. The van der Waals surface area contributed by atoms with Gasteiger partial charge >= 0.3 is 5.97 Å². The fraction of sp³-hybridized carbons (Fsp3) is 0.474. The van der Waals surface area contributed by atoms with Crippen molar-refractivity contribution in [2.75, 3.05) is 18.0 Å². The second kappa shape index (κ2) is 5.30. The number of pyridine rings is 1. The number of carbonyl (C=O) groups is 1. The summed E-state index contributed by atoms with van der Waals surface area (Å²) in [5.74, 6) is -0.699. The van der Waals surface area contributed by atoms with Gasteiger partial charge in [-0.2, -0.15) is 0 Å². The first kappa shape index (κ1) is 15.8. The third kappa shape index (κ3) is 2.34. The Morgan fingerprint density at radius 2 is 2.04 bits per heavy atom. The largest absolute Gasteiger partial charge is 0.477 e. The van der Waals surface area contributed by atoms with Crippen molar-refractivity contribution < 1.29 is 14.3 Å². The summed E-state index contributed by atoms with van der Waals surface area (Å²) in [4.78, 5) is 25.9. The fourth-order valence-electron chi connectivity index (χ4n) is 4.36. The Bertz CT molecular complexity index is 998. The van der Waals surface area contributed by atoms with Crippen LogP contribution in [0.15, 0.2) is 23.1 Å². The molecular weight excluding hydrogens is 337 g/mol. The number of halogens is 1. The number of nitrogens with zero attached hydrogens (tertiary/aromatic N) is 2. The van der Waals surface area contributed by atoms with Crippen molar-refractivity contribution in [3.8, 4) is 0 Å². The van der Waals surface area contributed by atoms with Gasteiger partial charge in [-0.25, -0.2) is 9.18 Å². The molecule has 1 saturated heterocycles. The van der Waals surface area contributed by atoms with E-state index in [1.807, 2.05) is 9.47 Å². The lowest BCUT2D eigenvalue weighted by atomic mass is 10.0. The highest BCUT2D eigenvalue weighted by molar-refractivity contribution is 5.93. The van der Waals surface area contributed by atoms with Gasteiger partial charge in [-0.05, 0) is 43.2 Å². The third-order valence-electron chi connectivity index (χ3n) is 6.03. The van der Waals surface area contributed by atoms with E-state index in [2.05, 4.69) is 0 Å². The monoisotopic (exact) mass is 357 g/mol. The van der Waals surface area contributed by atoms with Crippen LogP contribution in [0.25, 0.3) is 10.9 Å². The van der Waals surface area contributed by atoms with Gasteiger partial charge in [-0.3, -0.25) is 4.79 Å². The van der Waals surface area contributed by atoms with Gasteiger partial charge in [-0.1, -0.05) is 0 Å². The zero-order valence-corrected chi connectivity index (χ0v) is 14.2. The van der Waals surface area contributed by atoms with Gasteiger partial charge in [0, 0.05) is 36.8 Å². The number of fused-ring (bicyclic) bond motifs is 2. The molecule has 1 aromatic heterocycles. The average molecular weight is 357 g/mol. The number of aromatic nitrogens is 1. The number of benzene rings is 1. The maximum absolute atomic E-state index is 14.9. The molecule has 136 valence electrons. The van der Waals surface area contributed by atoms with E-state index >= 15 is 0 Å². The zero-order valence-electron chi connectivity index (χ0n) is 14.2. The maximum atomic E-state index is 14.9. The molecule has 2 aromatic rings. The molecule has 0 bridgehead atoms. The quantitative estimate of drug-likeness (QED) is 0.877. The topological polar surface area (TPSA) is 88.6 Å². The SMILES string of the molecule is NC1CN(c2cc3c(cc2F)c(=O)c(C(=O)O)cn3C2CC2)CC2C[C@@H]12. The highest BCUT2D eigenvalue weighted by Crippen LogP contribution is 2.46. The van der Waals surface area contributed by atoms with Crippen LogP contribution in [0, 0.1) is 17.7 Å². The molecule has 1 aromatic carbocycles. The summed E-state index contributed by atoms with van der Waals surface area (Å²) >= 11 is 0. The molecule has 3 atom stereocenters. The van der Waals surface area contributed by atoms with E-state index in [1.165, 1.54) is 12.3 Å². The molecule has 2 aliphatic carbocycles. The van der Waals surface area contributed by atoms with E-state index in [9.17, 15) is 19.1 Å². The molecule has 1 aliphatic heterocycles. The number of hydrogen-bond acceptors (Lipinski definition) is 4. The Labute approximate surface area is 149 Å². The van der Waals surface area contributed by atoms with Crippen LogP contribution in [0.1, 0.15) is 35.7 Å². The molecule has 2 unspecified atom stereocenters. The summed E-state index contributed by atoms with van der Waals surface area (Å²) < 4.78 is 16.7. The number of rotatable bonds is 3. The smallest absolute Gasteiger partial charge is 0.341 e. The Hall–Kier alpha value is -2.41. The molecule has 0 radical (unpaired) electrons. The molecule has 3 aliphatic rings. The van der Waals surface area contributed by atoms with Crippen LogP contribution in [0.5, 0.6) is 0 Å². The van der Waals surface area contributed by atoms with Crippen LogP contribution in [0.3, 0.4) is 0 Å². The van der Waals surface area contributed by atoms with E-state index < -0.39 is 17.2 Å². The predicted molar refractivity (Wildman–Crippen MR) is 95.2 cm³/mol. The van der Waals surface area contributed by atoms with Crippen LogP contribution in [0.2, 0.25) is 0 Å². The van der Waals surface area contributed by atoms with Crippen molar-refractivity contribution in [2.45, 2.75) is 31.3 Å². The molecule has 0 amide bonds. The van der Waals surface area contributed by atoms with E-state index in [0.717, 1.165) is 25.8 Å². The van der Waals surface area contributed by atoms with E-state index in [0.29, 0.717) is 29.6 Å². The summed E-state index contributed by atoms with van der Waals surface area (Å²) in [6, 6.07) is 3.11. The van der Waals surface area contributed by atoms with Gasteiger partial charge in [0.05, 0.1) is 11.2 Å². The minimum Gasteiger partial charge on any atom is -0.477 e. The summed E-state index contributed by atoms with van der Waals surface area (Å²) in [5, 5.41) is 9.44. The summed E-state index contributed by atoms with van der Waals surface area (Å²) in [6.45, 7) is 1.38. The average Bonchev–Trinajstić information content (AvgIpc) is 3.48. The number of piperidine rings is 1. The lowest BCUT2D eigenvalue weighted by molar-refractivity contribution is 0.0695. The maximum Gasteiger partial charge on any atom is 0.341 e. The molecular formula is C19H20FN3O3. The Kier molecular flexibility index (Phi) is 3.22. The second-order valence-electron chi connectivity index (χ2n) is 7.86. The zero-order chi connectivity index (χ0) is 18.2. The van der Waals surface area contributed by atoms with E-state index in [4.69, 9.17) is 5.73 Å². The van der Waals surface area contributed by atoms with Crippen LogP contribution in [-0.2, 0) is 0 Å².